The van der Waals surface area contributed by atoms with Crippen LogP contribution in [-0.2, 0) is 19.6 Å². The quantitative estimate of drug-likeness (QED) is 0.316. The van der Waals surface area contributed by atoms with Crippen LogP contribution in [0.15, 0.2) is 71.2 Å². The van der Waals surface area contributed by atoms with Gasteiger partial charge in [0.05, 0.1) is 15.5 Å². The number of para-hydroxylation sites is 2. The van der Waals surface area contributed by atoms with Crippen molar-refractivity contribution in [2.75, 3.05) is 6.54 Å². The molecule has 1 aromatic heterocycles. The zero-order valence-electron chi connectivity index (χ0n) is 15.8. The number of aromatic amines is 1. The number of rotatable bonds is 8. The number of nitrogens with one attached hydrogen (secondary N) is 2. The first-order valence-corrected chi connectivity index (χ1v) is 10.6. The molecule has 0 amide bonds. The van der Waals surface area contributed by atoms with Crippen LogP contribution in [0.3, 0.4) is 0 Å². The Morgan fingerprint density at radius 1 is 1.00 bits per heavy atom. The van der Waals surface area contributed by atoms with E-state index >= 15 is 0 Å². The molecule has 0 saturated heterocycles. The molecule has 148 valence electrons. The van der Waals surface area contributed by atoms with E-state index in [0.717, 1.165) is 57.2 Å². The van der Waals surface area contributed by atoms with E-state index in [1.807, 2.05) is 54.6 Å². The molecular weight excluding hydrogens is 450 g/mol. The smallest absolute Gasteiger partial charge is 0.134 e. The Labute approximate surface area is 183 Å². The Bertz CT molecular complexity index is 1060. The van der Waals surface area contributed by atoms with Crippen molar-refractivity contribution in [2.24, 2.45) is 0 Å². The average Bonchev–Trinajstić information content (AvgIpc) is 3.15. The maximum Gasteiger partial charge on any atom is 0.134 e. The third-order valence-corrected chi connectivity index (χ3v) is 5.48. The summed E-state index contributed by atoms with van der Waals surface area (Å²) in [4.78, 5) is 7.97. The van der Waals surface area contributed by atoms with E-state index in [4.69, 9.17) is 16.3 Å². The lowest BCUT2D eigenvalue weighted by Gasteiger charge is -2.10. The molecule has 0 aliphatic rings. The number of imidazole rings is 1. The van der Waals surface area contributed by atoms with E-state index in [1.165, 1.54) is 5.56 Å². The van der Waals surface area contributed by atoms with Gasteiger partial charge in [-0.05, 0) is 63.5 Å². The number of ether oxygens (including phenoxy) is 1. The van der Waals surface area contributed by atoms with Crippen molar-refractivity contribution in [3.05, 3.63) is 93.2 Å². The third kappa shape index (κ3) is 5.38. The molecule has 0 atom stereocenters. The number of hydrogen-bond acceptors (Lipinski definition) is 3. The van der Waals surface area contributed by atoms with Gasteiger partial charge >= 0.3 is 0 Å². The Morgan fingerprint density at radius 3 is 2.59 bits per heavy atom. The minimum absolute atomic E-state index is 0.505. The van der Waals surface area contributed by atoms with Gasteiger partial charge in [0.1, 0.15) is 18.2 Å². The third-order valence-electron chi connectivity index (χ3n) is 4.61. The second-order valence-corrected chi connectivity index (χ2v) is 8.10. The van der Waals surface area contributed by atoms with Crippen LogP contribution in [0.1, 0.15) is 17.0 Å². The normalized spacial score (nSPS) is 11.1. The molecule has 4 nitrogen and oxygen atoms in total. The van der Waals surface area contributed by atoms with Gasteiger partial charge in [0.15, 0.2) is 0 Å². The lowest BCUT2D eigenvalue weighted by Crippen LogP contribution is -2.17. The highest BCUT2D eigenvalue weighted by Gasteiger charge is 2.05. The minimum atomic E-state index is 0.505. The van der Waals surface area contributed by atoms with Gasteiger partial charge < -0.3 is 15.0 Å². The van der Waals surface area contributed by atoms with E-state index in [-0.39, 0.29) is 0 Å². The molecule has 0 radical (unpaired) electrons. The summed E-state index contributed by atoms with van der Waals surface area (Å²) in [6.07, 6.45) is 0.859. The van der Waals surface area contributed by atoms with Crippen LogP contribution in [0.5, 0.6) is 5.75 Å². The van der Waals surface area contributed by atoms with Gasteiger partial charge in [-0.15, -0.1) is 0 Å². The van der Waals surface area contributed by atoms with Gasteiger partial charge in [-0.25, -0.2) is 4.98 Å². The van der Waals surface area contributed by atoms with Gasteiger partial charge in [0.25, 0.3) is 0 Å². The van der Waals surface area contributed by atoms with Gasteiger partial charge in [0, 0.05) is 24.5 Å². The van der Waals surface area contributed by atoms with E-state index in [2.05, 4.69) is 43.3 Å². The Kier molecular flexibility index (Phi) is 6.49. The van der Waals surface area contributed by atoms with E-state index < -0.39 is 0 Å². The first-order valence-electron chi connectivity index (χ1n) is 9.47. The summed E-state index contributed by atoms with van der Waals surface area (Å²) in [5.41, 5.74) is 4.37. The summed E-state index contributed by atoms with van der Waals surface area (Å²) in [6, 6.07) is 21.9. The zero-order chi connectivity index (χ0) is 20.1. The molecule has 29 heavy (non-hydrogen) atoms. The van der Waals surface area contributed by atoms with Crippen LogP contribution in [0, 0.1) is 0 Å². The SMILES string of the molecule is Clc1ccc(COc2ccc(CNCCc3nc4ccccc4[nH]3)cc2Br)cc1. The van der Waals surface area contributed by atoms with E-state index in [1.54, 1.807) is 0 Å². The average molecular weight is 471 g/mol. The lowest BCUT2D eigenvalue weighted by molar-refractivity contribution is 0.304. The van der Waals surface area contributed by atoms with Crippen molar-refractivity contribution < 1.29 is 4.74 Å². The molecule has 6 heteroatoms. The number of nitrogens with zero attached hydrogens (tertiary/aromatic N) is 1. The lowest BCUT2D eigenvalue weighted by atomic mass is 10.2. The van der Waals surface area contributed by atoms with Crippen molar-refractivity contribution >= 4 is 38.6 Å². The summed E-state index contributed by atoms with van der Waals surface area (Å²) in [7, 11) is 0. The fourth-order valence-corrected chi connectivity index (χ4v) is 3.74. The number of aromatic nitrogens is 2. The number of hydrogen-bond donors (Lipinski definition) is 2. The molecule has 0 saturated carbocycles. The summed E-state index contributed by atoms with van der Waals surface area (Å²) in [5, 5.41) is 4.20. The first-order chi connectivity index (χ1) is 14.2. The molecule has 1 heterocycles. The van der Waals surface area contributed by atoms with E-state index in [9.17, 15) is 0 Å². The molecule has 2 N–H and O–H groups in total. The molecule has 0 aliphatic heterocycles. The zero-order valence-corrected chi connectivity index (χ0v) is 18.1. The maximum atomic E-state index is 5.92. The van der Waals surface area contributed by atoms with E-state index in [0.29, 0.717) is 6.61 Å². The van der Waals surface area contributed by atoms with Gasteiger partial charge in [0.2, 0.25) is 0 Å². The molecule has 0 aliphatic carbocycles. The standard InChI is InChI=1S/C23H21BrClN3O/c24-19-13-17(7-10-22(19)29-15-16-5-8-18(25)9-6-16)14-26-12-11-23-27-20-3-1-2-4-21(20)28-23/h1-10,13,26H,11-12,14-15H2,(H,27,28). The fraction of sp³-hybridized carbons (Fsp3) is 0.174. The van der Waals surface area contributed by atoms with Crippen molar-refractivity contribution in [3.8, 4) is 5.75 Å². The number of fused-ring (bicyclic) bond motifs is 1. The van der Waals surface area contributed by atoms with Crippen molar-refractivity contribution in [3.63, 3.8) is 0 Å². The van der Waals surface area contributed by atoms with Crippen LogP contribution in [-0.4, -0.2) is 16.5 Å². The van der Waals surface area contributed by atoms with Crippen LogP contribution >= 0.6 is 27.5 Å². The van der Waals surface area contributed by atoms with Gasteiger partial charge in [-0.2, -0.15) is 0 Å². The van der Waals surface area contributed by atoms with Crippen molar-refractivity contribution in [1.29, 1.82) is 0 Å². The fourth-order valence-electron chi connectivity index (χ4n) is 3.08. The highest BCUT2D eigenvalue weighted by molar-refractivity contribution is 9.10. The second kappa shape index (κ2) is 9.44. The maximum absolute atomic E-state index is 5.92. The molecule has 0 bridgehead atoms. The van der Waals surface area contributed by atoms with Gasteiger partial charge in [-0.1, -0.05) is 41.9 Å². The minimum Gasteiger partial charge on any atom is -0.488 e. The second-order valence-electron chi connectivity index (χ2n) is 6.81. The Morgan fingerprint density at radius 2 is 1.79 bits per heavy atom. The van der Waals surface area contributed by atoms with Crippen LogP contribution < -0.4 is 10.1 Å². The van der Waals surface area contributed by atoms with Crippen molar-refractivity contribution in [1.82, 2.24) is 15.3 Å². The van der Waals surface area contributed by atoms with Crippen LogP contribution in [0.4, 0.5) is 0 Å². The molecule has 3 aromatic carbocycles. The Hall–Kier alpha value is -2.34. The number of benzene rings is 3. The number of halogens is 2. The predicted molar refractivity (Wildman–Crippen MR) is 121 cm³/mol. The first kappa shape index (κ1) is 20.0. The van der Waals surface area contributed by atoms with Gasteiger partial charge in [-0.3, -0.25) is 0 Å². The molecule has 4 aromatic rings. The molecule has 4 rings (SSSR count). The molecule has 0 fully saturated rings. The van der Waals surface area contributed by atoms with Crippen molar-refractivity contribution in [2.45, 2.75) is 19.6 Å². The monoisotopic (exact) mass is 469 g/mol. The molecule has 0 spiro atoms. The Balaban J connectivity index is 1.26. The number of H-pyrrole nitrogens is 1. The summed E-state index contributed by atoms with van der Waals surface area (Å²) in [6.45, 7) is 2.15. The van der Waals surface area contributed by atoms with Crippen LogP contribution in [0.2, 0.25) is 5.02 Å². The topological polar surface area (TPSA) is 49.9 Å². The van der Waals surface area contributed by atoms with Crippen LogP contribution in [0.25, 0.3) is 11.0 Å². The summed E-state index contributed by atoms with van der Waals surface area (Å²) < 4.78 is 6.85. The molecule has 0 unspecified atom stereocenters. The largest absolute Gasteiger partial charge is 0.488 e. The highest BCUT2D eigenvalue weighted by Crippen LogP contribution is 2.27. The summed E-state index contributed by atoms with van der Waals surface area (Å²) >= 11 is 9.53. The summed E-state index contributed by atoms with van der Waals surface area (Å²) in [5.74, 6) is 1.83. The highest BCUT2D eigenvalue weighted by atomic mass is 79.9. The predicted octanol–water partition coefficient (Wildman–Crippen LogP) is 5.89. The molecular formula is C23H21BrClN3O.